The Labute approximate surface area is 332 Å². The third kappa shape index (κ3) is 4.07. The van der Waals surface area contributed by atoms with Crippen molar-refractivity contribution >= 4 is 27.1 Å². The Bertz CT molecular complexity index is 3190. The molecule has 0 fully saturated rings. The van der Waals surface area contributed by atoms with Gasteiger partial charge in [0.2, 0.25) is 0 Å². The standard InChI is InChI=1S/C57H36/c1-3-15-35(16-4-1)40-22-13-23-41(36-17-5-2-6-18-36)54(40)38-30-29-37-32-48-47(33-39(37)31-38)44-24-14-25-46-55(44)49(48)34-53-56(46)45-21-9-12-28-52(45)57(53)50-26-10-7-19-42(50)43-20-8-11-27-51(43)57/h1-26,28-34,51H,27H2. The first-order valence-corrected chi connectivity index (χ1v) is 20.3. The van der Waals surface area contributed by atoms with Gasteiger partial charge in [-0.15, -0.1) is 0 Å². The number of hydrogen-bond donors (Lipinski definition) is 0. The minimum absolute atomic E-state index is 0.239. The molecule has 2 atom stereocenters. The molecule has 0 saturated heterocycles. The fraction of sp³-hybridized carbons (Fsp3) is 0.0526. The maximum atomic E-state index is 2.62. The highest BCUT2D eigenvalue weighted by molar-refractivity contribution is 6.22. The molecule has 0 bridgehead atoms. The smallest absolute Gasteiger partial charge is 0.0541 e. The van der Waals surface area contributed by atoms with Crippen molar-refractivity contribution in [3.63, 3.8) is 0 Å². The topological polar surface area (TPSA) is 0 Å². The number of rotatable bonds is 3. The average Bonchev–Trinajstić information content (AvgIpc) is 3.88. The van der Waals surface area contributed by atoms with Crippen molar-refractivity contribution in [2.75, 3.05) is 0 Å². The molecule has 264 valence electrons. The third-order valence-corrected chi connectivity index (χ3v) is 13.6. The van der Waals surface area contributed by atoms with E-state index >= 15 is 0 Å². The van der Waals surface area contributed by atoms with Crippen LogP contribution in [-0.2, 0) is 5.41 Å². The molecule has 9 aromatic carbocycles. The van der Waals surface area contributed by atoms with Gasteiger partial charge in [-0.1, -0.05) is 176 Å². The van der Waals surface area contributed by atoms with Gasteiger partial charge in [0, 0.05) is 5.92 Å². The molecule has 0 nitrogen and oxygen atoms in total. The molecular weight excluding hydrogens is 685 g/mol. The van der Waals surface area contributed by atoms with Gasteiger partial charge in [-0.05, 0) is 147 Å². The van der Waals surface area contributed by atoms with Crippen LogP contribution in [0.3, 0.4) is 0 Å². The first-order valence-electron chi connectivity index (χ1n) is 20.3. The lowest BCUT2D eigenvalue weighted by atomic mass is 9.65. The van der Waals surface area contributed by atoms with Crippen LogP contribution >= 0.6 is 0 Å². The van der Waals surface area contributed by atoms with Crippen molar-refractivity contribution in [1.82, 2.24) is 0 Å². The van der Waals surface area contributed by atoms with Crippen LogP contribution in [0.25, 0.3) is 93.9 Å². The van der Waals surface area contributed by atoms with Crippen LogP contribution in [0.2, 0.25) is 0 Å². The fourth-order valence-electron chi connectivity index (χ4n) is 11.4. The SMILES string of the molecule is C1=CCC2C(=C1)c1ccccc1C21c2ccccc2-c2c1cc1c3c(cccc23)-c2cc3cc(-c4c(-c5ccccc5)cccc4-c4ccccc4)ccc3cc2-1. The highest BCUT2D eigenvalue weighted by atomic mass is 14.6. The largest absolute Gasteiger partial charge is 0.0839 e. The van der Waals surface area contributed by atoms with E-state index in [0.29, 0.717) is 5.92 Å². The molecule has 0 N–H and O–H groups in total. The van der Waals surface area contributed by atoms with Crippen molar-refractivity contribution in [3.8, 4) is 66.8 Å². The van der Waals surface area contributed by atoms with Crippen LogP contribution in [-0.4, -0.2) is 0 Å². The van der Waals surface area contributed by atoms with Crippen LogP contribution in [0.4, 0.5) is 0 Å². The van der Waals surface area contributed by atoms with Gasteiger partial charge in [-0.3, -0.25) is 0 Å². The summed E-state index contributed by atoms with van der Waals surface area (Å²) in [4.78, 5) is 0. The van der Waals surface area contributed by atoms with Gasteiger partial charge in [-0.25, -0.2) is 0 Å². The van der Waals surface area contributed by atoms with Gasteiger partial charge in [0.25, 0.3) is 0 Å². The maximum Gasteiger partial charge on any atom is 0.0541 e. The number of fused-ring (bicyclic) bond motifs is 15. The second-order valence-electron chi connectivity index (χ2n) is 16.2. The normalized spacial score (nSPS) is 17.7. The summed E-state index contributed by atoms with van der Waals surface area (Å²) in [7, 11) is 0. The number of hydrogen-bond acceptors (Lipinski definition) is 0. The second kappa shape index (κ2) is 11.5. The van der Waals surface area contributed by atoms with E-state index in [2.05, 4.69) is 200 Å². The van der Waals surface area contributed by atoms with Crippen molar-refractivity contribution in [2.24, 2.45) is 5.92 Å². The molecule has 0 aliphatic heterocycles. The van der Waals surface area contributed by atoms with Crippen molar-refractivity contribution < 1.29 is 0 Å². The maximum absolute atomic E-state index is 2.62. The number of benzene rings is 9. The zero-order chi connectivity index (χ0) is 37.2. The molecule has 0 heteroatoms. The van der Waals surface area contributed by atoms with Gasteiger partial charge in [-0.2, -0.15) is 0 Å². The number of allylic oxidation sites excluding steroid dienone is 4. The van der Waals surface area contributed by atoms with Crippen molar-refractivity contribution in [2.45, 2.75) is 11.8 Å². The molecular formula is C57H36. The van der Waals surface area contributed by atoms with E-state index in [9.17, 15) is 0 Å². The molecule has 1 spiro atoms. The molecule has 0 heterocycles. The minimum atomic E-state index is -0.239. The van der Waals surface area contributed by atoms with E-state index in [1.165, 1.54) is 116 Å². The summed E-state index contributed by atoms with van der Waals surface area (Å²) < 4.78 is 0. The molecule has 0 aromatic heterocycles. The quantitative estimate of drug-likeness (QED) is 0.170. The van der Waals surface area contributed by atoms with Crippen LogP contribution in [0.15, 0.2) is 200 Å². The van der Waals surface area contributed by atoms with E-state index in [1.807, 2.05) is 0 Å². The first-order chi connectivity index (χ1) is 28.3. The van der Waals surface area contributed by atoms with E-state index in [0.717, 1.165) is 6.42 Å². The van der Waals surface area contributed by atoms with E-state index in [4.69, 9.17) is 0 Å². The van der Waals surface area contributed by atoms with E-state index in [-0.39, 0.29) is 5.41 Å². The Hall–Kier alpha value is -7.02. The van der Waals surface area contributed by atoms with E-state index in [1.54, 1.807) is 0 Å². The van der Waals surface area contributed by atoms with Crippen molar-refractivity contribution in [1.29, 1.82) is 0 Å². The lowest BCUT2D eigenvalue weighted by Crippen LogP contribution is -2.32. The third-order valence-electron chi connectivity index (χ3n) is 13.6. The lowest BCUT2D eigenvalue weighted by Gasteiger charge is -2.36. The summed E-state index contributed by atoms with van der Waals surface area (Å²) >= 11 is 0. The Balaban J connectivity index is 1.05. The van der Waals surface area contributed by atoms with Gasteiger partial charge in [0.1, 0.15) is 0 Å². The monoisotopic (exact) mass is 720 g/mol. The molecule has 4 aliphatic rings. The Morgan fingerprint density at radius 3 is 1.77 bits per heavy atom. The summed E-state index contributed by atoms with van der Waals surface area (Å²) in [5.74, 6) is 0.352. The predicted octanol–water partition coefficient (Wildman–Crippen LogP) is 14.9. The van der Waals surface area contributed by atoms with Crippen LogP contribution in [0.1, 0.15) is 28.7 Å². The van der Waals surface area contributed by atoms with Crippen LogP contribution in [0, 0.1) is 5.92 Å². The Morgan fingerprint density at radius 2 is 1.00 bits per heavy atom. The van der Waals surface area contributed by atoms with Gasteiger partial charge in [0.05, 0.1) is 5.41 Å². The molecule has 0 saturated carbocycles. The molecule has 0 amide bonds. The molecule has 2 unspecified atom stereocenters. The highest BCUT2D eigenvalue weighted by Gasteiger charge is 2.56. The first kappa shape index (κ1) is 31.2. The van der Waals surface area contributed by atoms with E-state index < -0.39 is 0 Å². The Morgan fingerprint density at radius 1 is 0.386 bits per heavy atom. The average molecular weight is 721 g/mol. The molecule has 57 heavy (non-hydrogen) atoms. The van der Waals surface area contributed by atoms with Gasteiger partial charge >= 0.3 is 0 Å². The molecule has 9 aromatic rings. The lowest BCUT2D eigenvalue weighted by molar-refractivity contribution is 0.495. The molecule has 0 radical (unpaired) electrons. The zero-order valence-corrected chi connectivity index (χ0v) is 31.3. The summed E-state index contributed by atoms with van der Waals surface area (Å²) in [6, 6.07) is 68.7. The summed E-state index contributed by atoms with van der Waals surface area (Å²) in [6.45, 7) is 0. The van der Waals surface area contributed by atoms with Crippen molar-refractivity contribution in [3.05, 3.63) is 222 Å². The summed E-state index contributed by atoms with van der Waals surface area (Å²) in [5, 5.41) is 5.29. The zero-order valence-electron chi connectivity index (χ0n) is 31.3. The van der Waals surface area contributed by atoms with Gasteiger partial charge in [0.15, 0.2) is 0 Å². The Kier molecular flexibility index (Phi) is 6.30. The second-order valence-corrected chi connectivity index (χ2v) is 16.2. The highest BCUT2D eigenvalue weighted by Crippen LogP contribution is 2.67. The summed E-state index contributed by atoms with van der Waals surface area (Å²) in [5.41, 5.74) is 22.7. The van der Waals surface area contributed by atoms with Crippen LogP contribution < -0.4 is 0 Å². The van der Waals surface area contributed by atoms with Gasteiger partial charge < -0.3 is 0 Å². The minimum Gasteiger partial charge on any atom is -0.0839 e. The summed E-state index contributed by atoms with van der Waals surface area (Å²) in [6.07, 6.45) is 8.07. The fourth-order valence-corrected chi connectivity index (χ4v) is 11.4. The predicted molar refractivity (Wildman–Crippen MR) is 239 cm³/mol. The van der Waals surface area contributed by atoms with Crippen LogP contribution in [0.5, 0.6) is 0 Å². The molecule has 4 aliphatic carbocycles. The molecule has 13 rings (SSSR count).